The summed E-state index contributed by atoms with van der Waals surface area (Å²) >= 11 is 9.53. The van der Waals surface area contributed by atoms with Gasteiger partial charge in [0.1, 0.15) is 28.5 Å². The second-order valence-corrected chi connectivity index (χ2v) is 21.2. The molecule has 12 rings (SSSR count). The number of fused-ring (bicyclic) bond motifs is 6. The van der Waals surface area contributed by atoms with Crippen molar-refractivity contribution >= 4 is 114 Å². The maximum Gasteiger partial charge on any atom is 0.490 e. The number of halogens is 5. The molecule has 20 nitrogen and oxygen atoms in total. The van der Waals surface area contributed by atoms with Crippen molar-refractivity contribution in [3.8, 4) is 0 Å². The first-order valence-corrected chi connectivity index (χ1v) is 27.4. The van der Waals surface area contributed by atoms with Crippen LogP contribution in [0.3, 0.4) is 0 Å². The van der Waals surface area contributed by atoms with Crippen molar-refractivity contribution in [3.63, 3.8) is 0 Å². The Hall–Kier alpha value is -7.37. The van der Waals surface area contributed by atoms with Gasteiger partial charge in [0.25, 0.3) is 0 Å². The third-order valence-corrected chi connectivity index (χ3v) is 14.1. The predicted octanol–water partition coefficient (Wildman–Crippen LogP) is 11.0. The molecule has 2 aliphatic heterocycles. The number of aromatic nitrogens is 10. The number of carbonyl (C=O) groups is 2. The van der Waals surface area contributed by atoms with Gasteiger partial charge in [-0.15, -0.1) is 23.2 Å². The number of aliphatic carboxylic acids is 1. The minimum Gasteiger partial charge on any atom is -0.475 e. The molecule has 8 aromatic heterocycles. The van der Waals surface area contributed by atoms with Gasteiger partial charge in [-0.2, -0.15) is 23.1 Å². The SMILES string of the molecule is CC(C)(C)OC(=O)N1CCN(c2ccc(Nc3ncc4c5ccncc5n(C5CCCC5)c4n3)nc2)CC1.ClCCl.O=C(O)C(F)(F)F.c1cc2c3cnc(Nc4ccc(N5CCNCC5)cn4)nc3n(C3CCCC3)c2cn1. The molecule has 0 radical (unpaired) electrons. The van der Waals surface area contributed by atoms with Gasteiger partial charge in [0.2, 0.25) is 11.9 Å². The summed E-state index contributed by atoms with van der Waals surface area (Å²) in [6.07, 6.45) is 19.6. The van der Waals surface area contributed by atoms with Gasteiger partial charge < -0.3 is 49.6 Å². The molecule has 2 saturated heterocycles. The van der Waals surface area contributed by atoms with E-state index in [4.69, 9.17) is 47.8 Å². The van der Waals surface area contributed by atoms with Crippen molar-refractivity contribution in [2.24, 2.45) is 0 Å². The molecule has 2 saturated carbocycles. The highest BCUT2D eigenvalue weighted by atomic mass is 35.5. The van der Waals surface area contributed by atoms with Crippen molar-refractivity contribution in [1.29, 1.82) is 0 Å². The number of amides is 1. The summed E-state index contributed by atoms with van der Waals surface area (Å²) in [6, 6.07) is 13.1. The van der Waals surface area contributed by atoms with E-state index in [2.05, 4.69) is 76.9 Å². The monoisotopic (exact) mass is 1130 g/mol. The fourth-order valence-corrected chi connectivity index (χ4v) is 10.4. The molecule has 0 aromatic carbocycles. The molecule has 4 fully saturated rings. The lowest BCUT2D eigenvalue weighted by Crippen LogP contribution is -2.50. The normalized spacial score (nSPS) is 16.3. The number of carboxylic acid groups (broad SMARTS) is 1. The number of pyridine rings is 4. The molecular formula is C54H63Cl2F3N16O4. The van der Waals surface area contributed by atoms with Gasteiger partial charge in [0.15, 0.2) is 0 Å². The first-order chi connectivity index (χ1) is 38.1. The number of alkyl halides is 5. The molecule has 1 amide bonds. The van der Waals surface area contributed by atoms with Crippen LogP contribution in [0.5, 0.6) is 0 Å². The molecule has 0 unspecified atom stereocenters. The molecule has 4 N–H and O–H groups in total. The molecule has 0 atom stereocenters. The average molecular weight is 1130 g/mol. The van der Waals surface area contributed by atoms with Crippen molar-refractivity contribution in [2.45, 2.75) is 96.0 Å². The summed E-state index contributed by atoms with van der Waals surface area (Å²) in [6.45, 7) is 12.4. The molecule has 4 aliphatic rings. The number of piperazine rings is 2. The molecule has 25 heteroatoms. The number of carboxylic acids is 1. The van der Waals surface area contributed by atoms with Crippen molar-refractivity contribution < 1.29 is 32.6 Å². The van der Waals surface area contributed by atoms with Crippen LogP contribution in [0.4, 0.5) is 52.9 Å². The first kappa shape index (κ1) is 56.4. The minimum atomic E-state index is -5.08. The summed E-state index contributed by atoms with van der Waals surface area (Å²) in [5.74, 6) is -0.217. The van der Waals surface area contributed by atoms with Gasteiger partial charge >= 0.3 is 18.2 Å². The Balaban J connectivity index is 0.000000166. The van der Waals surface area contributed by atoms with Crippen molar-refractivity contribution in [1.82, 2.24) is 59.2 Å². The lowest BCUT2D eigenvalue weighted by Gasteiger charge is -2.36. The second kappa shape index (κ2) is 25.2. The van der Waals surface area contributed by atoms with Crippen LogP contribution in [0.15, 0.2) is 86.0 Å². The summed E-state index contributed by atoms with van der Waals surface area (Å²) in [5.41, 5.74) is 5.87. The topological polar surface area (TPSA) is 222 Å². The van der Waals surface area contributed by atoms with Crippen LogP contribution in [0.2, 0.25) is 0 Å². The zero-order chi connectivity index (χ0) is 55.7. The number of ether oxygens (including phenoxy) is 1. The Kier molecular flexibility index (Phi) is 18.0. The van der Waals surface area contributed by atoms with E-state index in [0.29, 0.717) is 42.9 Å². The molecule has 0 spiro atoms. The van der Waals surface area contributed by atoms with E-state index in [1.807, 2.05) is 94.6 Å². The molecule has 0 bridgehead atoms. The third kappa shape index (κ3) is 13.7. The van der Waals surface area contributed by atoms with Crippen LogP contribution in [0.25, 0.3) is 43.9 Å². The summed E-state index contributed by atoms with van der Waals surface area (Å²) < 4.78 is 42.0. The third-order valence-electron chi connectivity index (χ3n) is 14.1. The molecule has 79 heavy (non-hydrogen) atoms. The zero-order valence-corrected chi connectivity index (χ0v) is 45.6. The highest BCUT2D eigenvalue weighted by Crippen LogP contribution is 2.39. The van der Waals surface area contributed by atoms with E-state index in [-0.39, 0.29) is 11.4 Å². The average Bonchev–Trinajstić information content (AvgIpc) is 4.49. The van der Waals surface area contributed by atoms with Gasteiger partial charge in [-0.3, -0.25) is 9.97 Å². The van der Waals surface area contributed by atoms with E-state index >= 15 is 0 Å². The number of nitrogens with zero attached hydrogens (tertiary/aromatic N) is 13. The fraction of sp³-hybridized carbons (Fsp3) is 0.444. The Morgan fingerprint density at radius 3 is 1.46 bits per heavy atom. The number of hydrogen-bond donors (Lipinski definition) is 4. The molecule has 10 heterocycles. The van der Waals surface area contributed by atoms with Crippen LogP contribution in [0, 0.1) is 0 Å². The number of carbonyl (C=O) groups excluding carboxylic acids is 1. The van der Waals surface area contributed by atoms with Crippen molar-refractivity contribution in [2.75, 3.05) is 78.1 Å². The minimum absolute atomic E-state index is 0.194. The highest BCUT2D eigenvalue weighted by Gasteiger charge is 2.38. The first-order valence-electron chi connectivity index (χ1n) is 26.4. The van der Waals surface area contributed by atoms with E-state index < -0.39 is 17.7 Å². The molecule has 8 aromatic rings. The summed E-state index contributed by atoms with van der Waals surface area (Å²) in [5, 5.41) is 21.7. The second-order valence-electron chi connectivity index (χ2n) is 20.4. The Bertz CT molecular complexity index is 3330. The maximum absolute atomic E-state index is 12.4. The molecule has 2 aliphatic carbocycles. The lowest BCUT2D eigenvalue weighted by atomic mass is 10.2. The van der Waals surface area contributed by atoms with Gasteiger partial charge in [0, 0.05) is 111 Å². The zero-order valence-electron chi connectivity index (χ0n) is 44.1. The number of rotatable bonds is 8. The maximum atomic E-state index is 12.4. The van der Waals surface area contributed by atoms with E-state index in [0.717, 1.165) is 108 Å². The Labute approximate surface area is 464 Å². The summed E-state index contributed by atoms with van der Waals surface area (Å²) in [7, 11) is 0. The van der Waals surface area contributed by atoms with E-state index in [1.54, 1.807) is 4.90 Å². The Morgan fingerprint density at radius 2 is 1.06 bits per heavy atom. The number of nitrogens with one attached hydrogen (secondary N) is 3. The van der Waals surface area contributed by atoms with Crippen LogP contribution in [0.1, 0.15) is 84.2 Å². The van der Waals surface area contributed by atoms with Crippen LogP contribution in [-0.4, -0.2) is 141 Å². The summed E-state index contributed by atoms with van der Waals surface area (Å²) in [4.78, 5) is 64.6. The lowest BCUT2D eigenvalue weighted by molar-refractivity contribution is -0.192. The standard InChI is InChI=1S/C28H34N8O2.C23H26N8.C2HF3O2.CH2Cl2/c1-28(2,3)38-27(37)35-14-12-34(13-15-35)20-8-9-24(30-16-20)32-26-31-17-22-21-10-11-29-18-23(21)36(25(22)33-26)19-6-4-5-7-19;1-2-4-16(3-1)31-20-15-25-8-7-18(20)19-14-27-23(29-22(19)31)28-21-6-5-17(13-26-21)30-11-9-24-10-12-30;3-2(4,5)1(6)7;2-1-3/h8-11,16-19H,4-7,12-15H2,1-3H3,(H,30,31,32,33);5-8,13-16,24H,1-4,9-12H2,(H,26,27,28,29);(H,6,7);1H2. The van der Waals surface area contributed by atoms with Gasteiger partial charge in [-0.1, -0.05) is 25.7 Å². The Morgan fingerprint density at radius 1 is 0.633 bits per heavy atom. The molecular weight excluding hydrogens is 1060 g/mol. The van der Waals surface area contributed by atoms with Crippen LogP contribution < -0.4 is 25.8 Å². The highest BCUT2D eigenvalue weighted by molar-refractivity contribution is 6.40. The predicted molar refractivity (Wildman–Crippen MR) is 301 cm³/mol. The fourth-order valence-electron chi connectivity index (χ4n) is 10.4. The molecule has 418 valence electrons. The number of anilines is 6. The number of hydrogen-bond acceptors (Lipinski definition) is 16. The van der Waals surface area contributed by atoms with Crippen LogP contribution in [-0.2, 0) is 9.53 Å². The van der Waals surface area contributed by atoms with Gasteiger partial charge in [0.05, 0.1) is 52.5 Å². The van der Waals surface area contributed by atoms with E-state index in [9.17, 15) is 18.0 Å². The van der Waals surface area contributed by atoms with E-state index in [1.165, 1.54) is 43.9 Å². The van der Waals surface area contributed by atoms with Crippen molar-refractivity contribution in [3.05, 3.63) is 86.0 Å². The quantitative estimate of drug-likeness (QED) is 0.104. The largest absolute Gasteiger partial charge is 0.490 e. The van der Waals surface area contributed by atoms with Crippen LogP contribution >= 0.6 is 23.2 Å². The van der Waals surface area contributed by atoms with Gasteiger partial charge in [-0.05, 0) is 82.9 Å². The smallest absolute Gasteiger partial charge is 0.475 e. The van der Waals surface area contributed by atoms with Gasteiger partial charge in [-0.25, -0.2) is 29.5 Å².